The molecule has 4 aromatic carbocycles. The van der Waals surface area contributed by atoms with Gasteiger partial charge in [0.05, 0.1) is 46.3 Å². The summed E-state index contributed by atoms with van der Waals surface area (Å²) >= 11 is 49.3. The summed E-state index contributed by atoms with van der Waals surface area (Å²) in [6.45, 7) is 10.9. The van der Waals surface area contributed by atoms with Crippen LogP contribution in [0.3, 0.4) is 0 Å². The predicted molar refractivity (Wildman–Crippen MR) is 277 cm³/mol. The standard InChI is InChI=1S/C46H52Cl8N8O4/c47-35-19-31(43(63)39(51)23-35)27-55-3-11-59-7-1-8-60(12-4-56-28-32-20-36(48)24-40(52)44(32)64)16-18-62(14-6-58-30-34-22-38(50)26-42(54)46(34)66)10-2-9-61(17-15-59)13-5-57-29-33-21-37(49)25-41(53)45(33)65/h19-30,63-66H,1-18H2. The van der Waals surface area contributed by atoms with Crippen LogP contribution in [-0.2, 0) is 0 Å². The molecule has 0 spiro atoms. The van der Waals surface area contributed by atoms with Crippen molar-refractivity contribution in [2.24, 2.45) is 20.0 Å². The molecule has 0 aliphatic carbocycles. The summed E-state index contributed by atoms with van der Waals surface area (Å²) in [6, 6.07) is 12.4. The Kier molecular flexibility index (Phi) is 22.7. The first-order chi connectivity index (χ1) is 31.7. The van der Waals surface area contributed by atoms with Gasteiger partial charge < -0.3 is 40.0 Å². The van der Waals surface area contributed by atoms with Gasteiger partial charge in [-0.25, -0.2) is 0 Å². The van der Waals surface area contributed by atoms with Crippen LogP contribution in [-0.4, -0.2) is 170 Å². The van der Waals surface area contributed by atoms with E-state index in [2.05, 4.69) is 39.6 Å². The zero-order valence-corrected chi connectivity index (χ0v) is 42.1. The predicted octanol–water partition coefficient (Wildman–Crippen LogP) is 10.5. The highest BCUT2D eigenvalue weighted by molar-refractivity contribution is 6.38. The summed E-state index contributed by atoms with van der Waals surface area (Å²) in [5, 5.41) is 44.1. The summed E-state index contributed by atoms with van der Waals surface area (Å²) in [7, 11) is 0. The van der Waals surface area contributed by atoms with Crippen molar-refractivity contribution in [3.8, 4) is 23.0 Å². The lowest BCUT2D eigenvalue weighted by atomic mass is 10.2. The van der Waals surface area contributed by atoms with Gasteiger partial charge in [-0.15, -0.1) is 0 Å². The number of hydrogen-bond acceptors (Lipinski definition) is 12. The van der Waals surface area contributed by atoms with E-state index >= 15 is 0 Å². The molecule has 0 atom stereocenters. The first-order valence-corrected chi connectivity index (χ1v) is 24.3. The molecule has 1 aliphatic rings. The van der Waals surface area contributed by atoms with Gasteiger partial charge in [-0.05, 0) is 87.6 Å². The Hall–Kier alpha value is -3.08. The summed E-state index contributed by atoms with van der Waals surface area (Å²) in [4.78, 5) is 28.1. The van der Waals surface area contributed by atoms with E-state index in [1.807, 2.05) is 0 Å². The zero-order valence-electron chi connectivity index (χ0n) is 36.0. The van der Waals surface area contributed by atoms with Gasteiger partial charge in [0.25, 0.3) is 0 Å². The van der Waals surface area contributed by atoms with E-state index in [0.29, 0.717) is 94.7 Å². The number of hydrogen-bond donors (Lipinski definition) is 4. The molecular formula is C46H52Cl8N8O4. The van der Waals surface area contributed by atoms with Crippen molar-refractivity contribution in [3.05, 3.63) is 111 Å². The lowest BCUT2D eigenvalue weighted by Crippen LogP contribution is -2.43. The minimum absolute atomic E-state index is 0.0674. The quantitative estimate of drug-likeness (QED) is 0.0813. The zero-order chi connectivity index (χ0) is 47.6. The maximum atomic E-state index is 10.5. The number of aliphatic imine (C=N–C) groups is 4. The smallest absolute Gasteiger partial charge is 0.143 e. The number of benzene rings is 4. The molecule has 1 fully saturated rings. The topological polar surface area (TPSA) is 143 Å². The molecule has 12 nitrogen and oxygen atoms in total. The van der Waals surface area contributed by atoms with Crippen LogP contribution < -0.4 is 0 Å². The van der Waals surface area contributed by atoms with Crippen LogP contribution in [0.15, 0.2) is 68.5 Å². The lowest BCUT2D eigenvalue weighted by molar-refractivity contribution is 0.164. The molecule has 4 N–H and O–H groups in total. The number of halogens is 8. The highest BCUT2D eigenvalue weighted by Crippen LogP contribution is 2.33. The van der Waals surface area contributed by atoms with Gasteiger partial charge in [0.15, 0.2) is 0 Å². The summed E-state index contributed by atoms with van der Waals surface area (Å²) < 4.78 is 0. The summed E-state index contributed by atoms with van der Waals surface area (Å²) in [6.07, 6.45) is 8.13. The van der Waals surface area contributed by atoms with Crippen LogP contribution in [0.5, 0.6) is 23.0 Å². The fourth-order valence-corrected chi connectivity index (χ4v) is 9.17. The molecule has 0 amide bonds. The van der Waals surface area contributed by atoms with E-state index < -0.39 is 0 Å². The second-order valence-electron chi connectivity index (χ2n) is 15.5. The van der Waals surface area contributed by atoms with Crippen molar-refractivity contribution in [2.45, 2.75) is 12.8 Å². The Balaban J connectivity index is 1.31. The molecule has 0 radical (unpaired) electrons. The maximum absolute atomic E-state index is 10.5. The van der Waals surface area contributed by atoms with Crippen molar-refractivity contribution in [2.75, 3.05) is 105 Å². The number of phenolic OH excluding ortho intramolecular Hbond substituents is 4. The molecule has 1 heterocycles. The van der Waals surface area contributed by atoms with Gasteiger partial charge in [-0.2, -0.15) is 0 Å². The highest BCUT2D eigenvalue weighted by Gasteiger charge is 2.16. The van der Waals surface area contributed by atoms with E-state index in [4.69, 9.17) is 92.8 Å². The average Bonchev–Trinajstić information content (AvgIpc) is 3.26. The van der Waals surface area contributed by atoms with E-state index in [1.54, 1.807) is 49.1 Å². The minimum atomic E-state index is -0.0674. The summed E-state index contributed by atoms with van der Waals surface area (Å²) in [5.41, 5.74) is 1.80. The molecule has 1 saturated heterocycles. The van der Waals surface area contributed by atoms with E-state index in [0.717, 1.165) is 65.2 Å². The SMILES string of the molecule is Oc1c(Cl)cc(Cl)cc1C=NCCN1CCCN(CCN=Cc2cc(Cl)cc(Cl)c2O)CCN(CCN=Cc2cc(Cl)cc(Cl)c2O)CCCN(CCN=Cc2cc(Cl)cc(Cl)c2O)CC1. The van der Waals surface area contributed by atoms with Crippen LogP contribution in [0, 0.1) is 0 Å². The molecule has 356 valence electrons. The fraction of sp³-hybridized carbons (Fsp3) is 0.391. The van der Waals surface area contributed by atoms with Gasteiger partial charge >= 0.3 is 0 Å². The van der Waals surface area contributed by atoms with Crippen LogP contribution in [0.4, 0.5) is 0 Å². The van der Waals surface area contributed by atoms with Crippen molar-refractivity contribution in [3.63, 3.8) is 0 Å². The van der Waals surface area contributed by atoms with Crippen molar-refractivity contribution >= 4 is 118 Å². The Bertz CT molecular complexity index is 2030. The Morgan fingerprint density at radius 2 is 0.561 bits per heavy atom. The fourth-order valence-electron chi connectivity index (χ4n) is 7.13. The third kappa shape index (κ3) is 17.8. The normalized spacial score (nSPS) is 16.1. The van der Waals surface area contributed by atoms with Crippen molar-refractivity contribution in [1.29, 1.82) is 0 Å². The number of nitrogens with zero attached hydrogens (tertiary/aromatic N) is 8. The second kappa shape index (κ2) is 27.8. The maximum Gasteiger partial charge on any atom is 0.143 e. The molecule has 1 aliphatic heterocycles. The van der Waals surface area contributed by atoms with Gasteiger partial charge in [0, 0.05) is 120 Å². The van der Waals surface area contributed by atoms with Gasteiger partial charge in [-0.1, -0.05) is 92.8 Å². The molecule has 5 rings (SSSR count). The van der Waals surface area contributed by atoms with Crippen LogP contribution in [0.25, 0.3) is 0 Å². The molecule has 66 heavy (non-hydrogen) atoms. The third-order valence-electron chi connectivity index (χ3n) is 10.7. The molecule has 0 saturated carbocycles. The highest BCUT2D eigenvalue weighted by atomic mass is 35.5. The van der Waals surface area contributed by atoms with E-state index in [-0.39, 0.29) is 43.1 Å². The van der Waals surface area contributed by atoms with Crippen molar-refractivity contribution in [1.82, 2.24) is 19.6 Å². The minimum Gasteiger partial charge on any atom is -0.506 e. The molecular weight excluding hydrogens is 1010 g/mol. The first kappa shape index (κ1) is 53.9. The molecule has 0 unspecified atom stereocenters. The largest absolute Gasteiger partial charge is 0.506 e. The molecule has 0 bridgehead atoms. The lowest BCUT2D eigenvalue weighted by Gasteiger charge is -2.31. The van der Waals surface area contributed by atoms with Crippen LogP contribution >= 0.6 is 92.8 Å². The van der Waals surface area contributed by atoms with E-state index in [9.17, 15) is 20.4 Å². The Morgan fingerprint density at radius 1 is 0.348 bits per heavy atom. The third-order valence-corrected chi connectivity index (χ3v) is 12.7. The van der Waals surface area contributed by atoms with Crippen LogP contribution in [0.2, 0.25) is 40.2 Å². The Labute approximate surface area is 426 Å². The second-order valence-corrected chi connectivity index (χ2v) is 18.9. The molecule has 20 heteroatoms. The van der Waals surface area contributed by atoms with Crippen LogP contribution in [0.1, 0.15) is 35.1 Å². The molecule has 0 aromatic heterocycles. The van der Waals surface area contributed by atoms with Gasteiger partial charge in [-0.3, -0.25) is 20.0 Å². The monoisotopic (exact) mass is 1060 g/mol. The van der Waals surface area contributed by atoms with Crippen molar-refractivity contribution < 1.29 is 20.4 Å². The molecule has 4 aromatic rings. The van der Waals surface area contributed by atoms with Gasteiger partial charge in [0.2, 0.25) is 0 Å². The number of rotatable bonds is 16. The summed E-state index contributed by atoms with van der Waals surface area (Å²) in [5.74, 6) is -0.270. The first-order valence-electron chi connectivity index (χ1n) is 21.3. The average molecular weight is 1060 g/mol. The Morgan fingerprint density at radius 3 is 0.773 bits per heavy atom. The van der Waals surface area contributed by atoms with Gasteiger partial charge in [0.1, 0.15) is 23.0 Å². The number of aromatic hydroxyl groups is 4. The number of phenols is 4. The van der Waals surface area contributed by atoms with E-state index in [1.165, 1.54) is 24.3 Å².